The van der Waals surface area contributed by atoms with Gasteiger partial charge in [-0.15, -0.1) is 0 Å². The lowest BCUT2D eigenvalue weighted by atomic mass is 10.1. The Morgan fingerprint density at radius 3 is 2.55 bits per heavy atom. The van der Waals surface area contributed by atoms with Crippen molar-refractivity contribution in [3.63, 3.8) is 0 Å². The molecular formula is C12H19ClN4O3. The van der Waals surface area contributed by atoms with Crippen LogP contribution in [0.3, 0.4) is 0 Å². The first kappa shape index (κ1) is 16.3. The first-order valence-corrected chi connectivity index (χ1v) is 6.58. The number of halogens is 1. The fourth-order valence-electron chi connectivity index (χ4n) is 1.58. The highest BCUT2D eigenvalue weighted by Crippen LogP contribution is 2.19. The second kappa shape index (κ2) is 6.13. The molecule has 7 nitrogen and oxygen atoms in total. The molecule has 0 aliphatic heterocycles. The lowest BCUT2D eigenvalue weighted by Crippen LogP contribution is -2.53. The van der Waals surface area contributed by atoms with Crippen molar-refractivity contribution in [2.24, 2.45) is 0 Å². The van der Waals surface area contributed by atoms with E-state index in [1.54, 1.807) is 11.6 Å². The van der Waals surface area contributed by atoms with Gasteiger partial charge in [-0.1, -0.05) is 11.6 Å². The molecule has 0 aliphatic rings. The van der Waals surface area contributed by atoms with Gasteiger partial charge in [0.1, 0.15) is 5.54 Å². The largest absolute Gasteiger partial charge is 0.480 e. The van der Waals surface area contributed by atoms with Gasteiger partial charge in [-0.3, -0.25) is 4.68 Å². The summed E-state index contributed by atoms with van der Waals surface area (Å²) < 4.78 is 1.69. The van der Waals surface area contributed by atoms with Crippen molar-refractivity contribution < 1.29 is 14.7 Å². The number of carboxylic acid groups (broad SMARTS) is 1. The molecule has 0 aliphatic carbocycles. The maximum Gasteiger partial charge on any atom is 0.328 e. The predicted octanol–water partition coefficient (Wildman–Crippen LogP) is 1.53. The highest BCUT2D eigenvalue weighted by atomic mass is 35.5. The normalized spacial score (nSPS) is 11.2. The van der Waals surface area contributed by atoms with Crippen LogP contribution in [0.15, 0.2) is 0 Å². The second-order valence-electron chi connectivity index (χ2n) is 4.90. The monoisotopic (exact) mass is 302 g/mol. The number of amides is 2. The lowest BCUT2D eigenvalue weighted by molar-refractivity contribution is -0.142. The van der Waals surface area contributed by atoms with Crippen LogP contribution in [0.2, 0.25) is 5.02 Å². The van der Waals surface area contributed by atoms with E-state index in [0.29, 0.717) is 23.0 Å². The van der Waals surface area contributed by atoms with E-state index in [-0.39, 0.29) is 6.54 Å². The summed E-state index contributed by atoms with van der Waals surface area (Å²) in [5, 5.41) is 18.6. The Morgan fingerprint density at radius 2 is 2.05 bits per heavy atom. The van der Waals surface area contributed by atoms with Gasteiger partial charge < -0.3 is 15.7 Å². The molecule has 0 unspecified atom stereocenters. The number of aryl methyl sites for hydroxylation is 2. The number of nitrogens with one attached hydrogen (secondary N) is 2. The Labute approximate surface area is 122 Å². The number of nitrogens with zero attached hydrogens (tertiary/aromatic N) is 2. The Morgan fingerprint density at radius 1 is 1.45 bits per heavy atom. The molecule has 0 saturated carbocycles. The van der Waals surface area contributed by atoms with Gasteiger partial charge in [0.15, 0.2) is 0 Å². The van der Waals surface area contributed by atoms with Crippen molar-refractivity contribution in [3.8, 4) is 0 Å². The molecule has 0 spiro atoms. The predicted molar refractivity (Wildman–Crippen MR) is 74.7 cm³/mol. The molecule has 3 N–H and O–H groups in total. The van der Waals surface area contributed by atoms with Crippen molar-refractivity contribution in [2.75, 3.05) is 0 Å². The molecule has 0 radical (unpaired) electrons. The number of rotatable bonds is 5. The van der Waals surface area contributed by atoms with Crippen LogP contribution >= 0.6 is 11.6 Å². The number of hydrogen-bond donors (Lipinski definition) is 3. The molecule has 0 atom stereocenters. The molecule has 112 valence electrons. The highest BCUT2D eigenvalue weighted by molar-refractivity contribution is 6.31. The number of urea groups is 1. The summed E-state index contributed by atoms with van der Waals surface area (Å²) in [7, 11) is 0. The number of aliphatic carboxylic acids is 1. The minimum Gasteiger partial charge on any atom is -0.480 e. The summed E-state index contributed by atoms with van der Waals surface area (Å²) in [6.45, 7) is 7.32. The zero-order chi connectivity index (χ0) is 15.5. The molecule has 0 bridgehead atoms. The fourth-order valence-corrected chi connectivity index (χ4v) is 1.79. The number of aromatic nitrogens is 2. The third kappa shape index (κ3) is 3.63. The van der Waals surface area contributed by atoms with Crippen LogP contribution in [0.5, 0.6) is 0 Å². The summed E-state index contributed by atoms with van der Waals surface area (Å²) in [5.74, 6) is -1.11. The summed E-state index contributed by atoms with van der Waals surface area (Å²) in [4.78, 5) is 22.6. The van der Waals surface area contributed by atoms with E-state index in [1.165, 1.54) is 13.8 Å². The molecule has 1 rings (SSSR count). The quantitative estimate of drug-likeness (QED) is 0.768. The minimum absolute atomic E-state index is 0.176. The summed E-state index contributed by atoms with van der Waals surface area (Å²) in [6, 6.07) is -0.574. The Kier molecular flexibility index (Phi) is 4.99. The average Bonchev–Trinajstić information content (AvgIpc) is 2.62. The van der Waals surface area contributed by atoms with Gasteiger partial charge in [0.2, 0.25) is 0 Å². The van der Waals surface area contributed by atoms with Crippen LogP contribution in [0.1, 0.15) is 32.2 Å². The first-order chi connectivity index (χ1) is 9.19. The molecule has 1 aromatic rings. The van der Waals surface area contributed by atoms with E-state index >= 15 is 0 Å². The van der Waals surface area contributed by atoms with Crippen LogP contribution < -0.4 is 10.6 Å². The molecule has 20 heavy (non-hydrogen) atoms. The van der Waals surface area contributed by atoms with E-state index in [1.807, 2.05) is 6.92 Å². The van der Waals surface area contributed by atoms with Crippen LogP contribution in [-0.4, -0.2) is 32.4 Å². The Hall–Kier alpha value is -1.76. The van der Waals surface area contributed by atoms with Crippen molar-refractivity contribution >= 4 is 23.6 Å². The lowest BCUT2D eigenvalue weighted by Gasteiger charge is -2.21. The van der Waals surface area contributed by atoms with Crippen LogP contribution in [0.25, 0.3) is 0 Å². The van der Waals surface area contributed by atoms with Crippen molar-refractivity contribution in [1.29, 1.82) is 0 Å². The average molecular weight is 303 g/mol. The number of carbonyl (C=O) groups excluding carboxylic acids is 1. The molecule has 8 heteroatoms. The molecule has 0 fully saturated rings. The van der Waals surface area contributed by atoms with Crippen molar-refractivity contribution in [1.82, 2.24) is 20.4 Å². The van der Waals surface area contributed by atoms with Gasteiger partial charge in [0.25, 0.3) is 0 Å². The standard InChI is InChI=1S/C12H19ClN4O3/c1-5-17-8(9(13)7(2)16-17)6-14-11(20)15-12(3,4)10(18)19/h5-6H2,1-4H3,(H,18,19)(H2,14,15,20). The molecule has 1 aromatic heterocycles. The zero-order valence-corrected chi connectivity index (χ0v) is 12.7. The van der Waals surface area contributed by atoms with E-state index in [9.17, 15) is 9.59 Å². The molecule has 0 aromatic carbocycles. The smallest absolute Gasteiger partial charge is 0.328 e. The summed E-state index contributed by atoms with van der Waals surface area (Å²) in [5.41, 5.74) is 0.0426. The van der Waals surface area contributed by atoms with Gasteiger partial charge in [0, 0.05) is 6.54 Å². The summed E-state index contributed by atoms with van der Waals surface area (Å²) >= 11 is 6.11. The summed E-state index contributed by atoms with van der Waals surface area (Å²) in [6.07, 6.45) is 0. The van der Waals surface area contributed by atoms with Gasteiger partial charge in [-0.05, 0) is 27.7 Å². The number of carboxylic acids is 1. The maximum atomic E-state index is 11.7. The Balaban J connectivity index is 2.69. The van der Waals surface area contributed by atoms with Gasteiger partial charge >= 0.3 is 12.0 Å². The Bertz CT molecular complexity index is 525. The van der Waals surface area contributed by atoms with Crippen LogP contribution in [0, 0.1) is 6.92 Å². The molecule has 1 heterocycles. The molecular weight excluding hydrogens is 284 g/mol. The SMILES string of the molecule is CCn1nc(C)c(Cl)c1CNC(=O)NC(C)(C)C(=O)O. The van der Waals surface area contributed by atoms with E-state index in [0.717, 1.165) is 0 Å². The highest BCUT2D eigenvalue weighted by Gasteiger charge is 2.29. The number of hydrogen-bond acceptors (Lipinski definition) is 3. The maximum absolute atomic E-state index is 11.7. The van der Waals surface area contributed by atoms with Gasteiger partial charge in [-0.2, -0.15) is 5.10 Å². The van der Waals surface area contributed by atoms with Gasteiger partial charge in [-0.25, -0.2) is 9.59 Å². The first-order valence-electron chi connectivity index (χ1n) is 6.20. The molecule has 2 amide bonds. The van der Waals surface area contributed by atoms with Gasteiger partial charge in [0.05, 0.1) is 23.0 Å². The zero-order valence-electron chi connectivity index (χ0n) is 12.0. The fraction of sp³-hybridized carbons (Fsp3) is 0.583. The minimum atomic E-state index is -1.34. The van der Waals surface area contributed by atoms with E-state index in [2.05, 4.69) is 15.7 Å². The van der Waals surface area contributed by atoms with Crippen molar-refractivity contribution in [3.05, 3.63) is 16.4 Å². The van der Waals surface area contributed by atoms with E-state index in [4.69, 9.17) is 16.7 Å². The van der Waals surface area contributed by atoms with E-state index < -0.39 is 17.5 Å². The third-order valence-corrected chi connectivity index (χ3v) is 3.32. The van der Waals surface area contributed by atoms with Crippen molar-refractivity contribution in [2.45, 2.75) is 46.3 Å². The topological polar surface area (TPSA) is 96.3 Å². The second-order valence-corrected chi connectivity index (χ2v) is 5.28. The van der Waals surface area contributed by atoms with Crippen LogP contribution in [0.4, 0.5) is 4.79 Å². The molecule has 0 saturated heterocycles. The third-order valence-electron chi connectivity index (χ3n) is 2.83. The van der Waals surface area contributed by atoms with Crippen LogP contribution in [-0.2, 0) is 17.9 Å². The number of carbonyl (C=O) groups is 2.